The third-order valence-electron chi connectivity index (χ3n) is 4.10. The Morgan fingerprint density at radius 3 is 2.95 bits per heavy atom. The lowest BCUT2D eigenvalue weighted by molar-refractivity contribution is 0.529. The molecule has 1 aliphatic carbocycles. The van der Waals surface area contributed by atoms with E-state index in [0.717, 1.165) is 41.5 Å². The van der Waals surface area contributed by atoms with Gasteiger partial charge in [-0.1, -0.05) is 17.3 Å². The normalized spacial score (nSPS) is 19.5. The van der Waals surface area contributed by atoms with E-state index in [4.69, 9.17) is 23.2 Å². The molecular weight excluding hydrogens is 319 g/mol. The summed E-state index contributed by atoms with van der Waals surface area (Å²) in [7, 11) is 0. The maximum Gasteiger partial charge on any atom is 0.121 e. The molecule has 0 bridgehead atoms. The lowest BCUT2D eigenvalue weighted by Gasteiger charge is -2.01. The van der Waals surface area contributed by atoms with E-state index >= 15 is 0 Å². The van der Waals surface area contributed by atoms with Crippen molar-refractivity contribution >= 4 is 34.1 Å². The SMILES string of the molecule is ClC1(Cl)CC1CCn1cc(-c2ccc3ncccc3c2)nn1. The molecule has 0 saturated heterocycles. The van der Waals surface area contributed by atoms with Crippen LogP contribution in [0.15, 0.2) is 42.7 Å². The Morgan fingerprint density at radius 2 is 2.14 bits per heavy atom. The second kappa shape index (κ2) is 5.21. The maximum absolute atomic E-state index is 6.04. The molecule has 1 aromatic carbocycles. The van der Waals surface area contributed by atoms with Crippen molar-refractivity contribution in [3.8, 4) is 11.3 Å². The molecule has 0 N–H and O–H groups in total. The van der Waals surface area contributed by atoms with Gasteiger partial charge in [-0.05, 0) is 37.0 Å². The number of rotatable bonds is 4. The summed E-state index contributed by atoms with van der Waals surface area (Å²) in [5, 5.41) is 9.54. The number of benzene rings is 1. The van der Waals surface area contributed by atoms with Gasteiger partial charge in [0.15, 0.2) is 0 Å². The number of hydrogen-bond donors (Lipinski definition) is 0. The number of nitrogens with zero attached hydrogens (tertiary/aromatic N) is 4. The van der Waals surface area contributed by atoms with Crippen LogP contribution >= 0.6 is 23.2 Å². The van der Waals surface area contributed by atoms with Crippen molar-refractivity contribution in [2.24, 2.45) is 5.92 Å². The molecular formula is C16H14Cl2N4. The van der Waals surface area contributed by atoms with Crippen LogP contribution in [0.1, 0.15) is 12.8 Å². The zero-order chi connectivity index (χ0) is 15.2. The Morgan fingerprint density at radius 1 is 1.27 bits per heavy atom. The lowest BCUT2D eigenvalue weighted by atomic mass is 10.1. The van der Waals surface area contributed by atoms with E-state index in [0.29, 0.717) is 5.92 Å². The average molecular weight is 333 g/mol. The fraction of sp³-hybridized carbons (Fsp3) is 0.312. The van der Waals surface area contributed by atoms with E-state index in [1.54, 1.807) is 6.20 Å². The van der Waals surface area contributed by atoms with Crippen LogP contribution in [0, 0.1) is 5.92 Å². The van der Waals surface area contributed by atoms with Crippen molar-refractivity contribution < 1.29 is 0 Å². The summed E-state index contributed by atoms with van der Waals surface area (Å²) in [6, 6.07) is 10.1. The van der Waals surface area contributed by atoms with Crippen LogP contribution in [-0.2, 0) is 6.54 Å². The second-order valence-electron chi connectivity index (χ2n) is 5.73. The summed E-state index contributed by atoms with van der Waals surface area (Å²) in [6.07, 6.45) is 5.56. The number of hydrogen-bond acceptors (Lipinski definition) is 3. The van der Waals surface area contributed by atoms with Crippen molar-refractivity contribution in [1.29, 1.82) is 0 Å². The molecule has 2 aromatic heterocycles. The van der Waals surface area contributed by atoms with Gasteiger partial charge in [-0.3, -0.25) is 9.67 Å². The van der Waals surface area contributed by atoms with Gasteiger partial charge >= 0.3 is 0 Å². The minimum Gasteiger partial charge on any atom is -0.256 e. The topological polar surface area (TPSA) is 43.6 Å². The fourth-order valence-corrected chi connectivity index (χ4v) is 3.24. The molecule has 0 spiro atoms. The predicted octanol–water partition coefficient (Wildman–Crippen LogP) is 4.08. The molecule has 22 heavy (non-hydrogen) atoms. The first kappa shape index (κ1) is 14.0. The molecule has 4 nitrogen and oxygen atoms in total. The highest BCUT2D eigenvalue weighted by Crippen LogP contribution is 2.55. The molecule has 2 heterocycles. The zero-order valence-electron chi connectivity index (χ0n) is 11.8. The Labute approximate surface area is 138 Å². The summed E-state index contributed by atoms with van der Waals surface area (Å²) < 4.78 is 1.33. The van der Waals surface area contributed by atoms with Gasteiger partial charge in [0.05, 0.1) is 11.7 Å². The molecule has 0 aliphatic heterocycles. The Kier molecular flexibility index (Phi) is 3.31. The Bertz CT molecular complexity index is 828. The Hall–Kier alpha value is -1.65. The van der Waals surface area contributed by atoms with E-state index in [9.17, 15) is 0 Å². The number of aromatic nitrogens is 4. The number of pyridine rings is 1. The molecule has 112 valence electrons. The van der Waals surface area contributed by atoms with E-state index < -0.39 is 4.33 Å². The second-order valence-corrected chi connectivity index (χ2v) is 7.27. The number of halogens is 2. The summed E-state index contributed by atoms with van der Waals surface area (Å²) in [6.45, 7) is 0.786. The van der Waals surface area contributed by atoms with Gasteiger partial charge in [0.25, 0.3) is 0 Å². The van der Waals surface area contributed by atoms with Crippen molar-refractivity contribution in [1.82, 2.24) is 20.0 Å². The quantitative estimate of drug-likeness (QED) is 0.676. The standard InChI is InChI=1S/C16H14Cl2N4/c17-16(18)9-13(16)5-7-22-10-15(20-21-22)12-3-4-14-11(8-12)2-1-6-19-14/h1-4,6,8,10,13H,5,7,9H2. The van der Waals surface area contributed by atoms with Gasteiger partial charge in [0.2, 0.25) is 0 Å². The number of alkyl halides is 2. The summed E-state index contributed by atoms with van der Waals surface area (Å²) in [5.41, 5.74) is 2.89. The first-order valence-corrected chi connectivity index (χ1v) is 8.00. The van der Waals surface area contributed by atoms with Crippen LogP contribution in [-0.4, -0.2) is 24.3 Å². The van der Waals surface area contributed by atoms with Crippen LogP contribution in [0.5, 0.6) is 0 Å². The first-order chi connectivity index (χ1) is 10.6. The van der Waals surface area contributed by atoms with Crippen molar-refractivity contribution in [3.05, 3.63) is 42.7 Å². The first-order valence-electron chi connectivity index (χ1n) is 7.25. The van der Waals surface area contributed by atoms with E-state index in [-0.39, 0.29) is 0 Å². The monoisotopic (exact) mass is 332 g/mol. The number of aryl methyl sites for hydroxylation is 1. The molecule has 0 radical (unpaired) electrons. The third-order valence-corrected chi connectivity index (χ3v) is 5.03. The van der Waals surface area contributed by atoms with Gasteiger partial charge in [0.1, 0.15) is 10.0 Å². The smallest absolute Gasteiger partial charge is 0.121 e. The summed E-state index contributed by atoms with van der Waals surface area (Å²) >= 11 is 12.1. The van der Waals surface area contributed by atoms with Gasteiger partial charge in [-0.2, -0.15) is 0 Å². The van der Waals surface area contributed by atoms with Crippen molar-refractivity contribution in [2.45, 2.75) is 23.7 Å². The van der Waals surface area contributed by atoms with E-state index in [2.05, 4.69) is 21.4 Å². The predicted molar refractivity (Wildman–Crippen MR) is 87.9 cm³/mol. The highest BCUT2D eigenvalue weighted by atomic mass is 35.5. The van der Waals surface area contributed by atoms with E-state index in [1.807, 2.05) is 35.1 Å². The zero-order valence-corrected chi connectivity index (χ0v) is 13.3. The van der Waals surface area contributed by atoms with Gasteiger partial charge < -0.3 is 0 Å². The van der Waals surface area contributed by atoms with Gasteiger partial charge in [-0.15, -0.1) is 28.3 Å². The van der Waals surface area contributed by atoms with Crippen molar-refractivity contribution in [3.63, 3.8) is 0 Å². The number of fused-ring (bicyclic) bond motifs is 1. The van der Waals surface area contributed by atoms with Crippen LogP contribution in [0.25, 0.3) is 22.2 Å². The summed E-state index contributed by atoms with van der Waals surface area (Å²) in [4.78, 5) is 4.32. The molecule has 6 heteroatoms. The maximum atomic E-state index is 6.04. The van der Waals surface area contributed by atoms with Crippen LogP contribution in [0.4, 0.5) is 0 Å². The van der Waals surface area contributed by atoms with Crippen molar-refractivity contribution in [2.75, 3.05) is 0 Å². The molecule has 3 aromatic rings. The highest BCUT2D eigenvalue weighted by molar-refractivity contribution is 6.50. The van der Waals surface area contributed by atoms with Crippen LogP contribution in [0.3, 0.4) is 0 Å². The average Bonchev–Trinajstić information content (AvgIpc) is 2.94. The van der Waals surface area contributed by atoms with E-state index in [1.165, 1.54) is 0 Å². The molecule has 0 amide bonds. The van der Waals surface area contributed by atoms with Crippen LogP contribution < -0.4 is 0 Å². The van der Waals surface area contributed by atoms with Crippen LogP contribution in [0.2, 0.25) is 0 Å². The minimum absolute atomic E-state index is 0.371. The minimum atomic E-state index is -0.519. The molecule has 1 fully saturated rings. The molecule has 1 saturated carbocycles. The van der Waals surface area contributed by atoms with Gasteiger partial charge in [-0.25, -0.2) is 0 Å². The molecule has 1 unspecified atom stereocenters. The molecule has 1 atom stereocenters. The summed E-state index contributed by atoms with van der Waals surface area (Å²) in [5.74, 6) is 0.371. The Balaban J connectivity index is 1.52. The van der Waals surface area contributed by atoms with Gasteiger partial charge in [0, 0.05) is 23.7 Å². The molecule has 4 rings (SSSR count). The lowest BCUT2D eigenvalue weighted by Crippen LogP contribution is -2.01. The largest absolute Gasteiger partial charge is 0.256 e. The third kappa shape index (κ3) is 2.69. The fourth-order valence-electron chi connectivity index (χ4n) is 2.65. The molecule has 1 aliphatic rings. The highest BCUT2D eigenvalue weighted by Gasteiger charge is 2.50.